The second-order valence-electron chi connectivity index (χ2n) is 2.82. The maximum absolute atomic E-state index is 12.0. The van der Waals surface area contributed by atoms with Gasteiger partial charge in [-0.3, -0.25) is 4.57 Å². The molecule has 0 N–H and O–H groups in total. The van der Waals surface area contributed by atoms with Crippen LogP contribution in [0.25, 0.3) is 0 Å². The van der Waals surface area contributed by atoms with Crippen LogP contribution in [-0.4, -0.2) is 21.4 Å². The van der Waals surface area contributed by atoms with Gasteiger partial charge in [0.25, 0.3) is 0 Å². The van der Waals surface area contributed by atoms with Crippen LogP contribution in [0, 0.1) is 0 Å². The van der Waals surface area contributed by atoms with Crippen molar-refractivity contribution in [2.24, 2.45) is 0 Å². The number of hydrogen-bond acceptors (Lipinski definition) is 2. The minimum absolute atomic E-state index is 0.219. The Kier molecular flexibility index (Phi) is 3.03. The molecule has 3 nitrogen and oxygen atoms in total. The van der Waals surface area contributed by atoms with Crippen molar-refractivity contribution >= 4 is 11.6 Å². The highest BCUT2D eigenvalue weighted by Crippen LogP contribution is 2.15. The normalized spacial score (nSPS) is 11.1. The molecule has 0 unspecified atom stereocenters. The molecule has 12 heavy (non-hydrogen) atoms. The zero-order valence-corrected chi connectivity index (χ0v) is 7.85. The number of alkyl halides is 1. The molecule has 0 aliphatic heterocycles. The van der Waals surface area contributed by atoms with Crippen molar-refractivity contribution in [3.63, 3.8) is 0 Å². The van der Waals surface area contributed by atoms with Crippen LogP contribution in [0.4, 0.5) is 4.39 Å². The maximum atomic E-state index is 12.0. The molecule has 0 atom stereocenters. The van der Waals surface area contributed by atoms with E-state index in [0.29, 0.717) is 0 Å². The van der Waals surface area contributed by atoms with Crippen molar-refractivity contribution in [2.75, 3.05) is 6.67 Å². The van der Waals surface area contributed by atoms with Gasteiger partial charge in [-0.15, -0.1) is 10.2 Å². The Morgan fingerprint density at radius 1 is 1.50 bits per heavy atom. The summed E-state index contributed by atoms with van der Waals surface area (Å²) in [6.07, 6.45) is 0. The molecule has 0 radical (unpaired) electrons. The number of rotatable bonds is 3. The molecule has 1 aromatic rings. The fraction of sp³-hybridized carbons (Fsp3) is 0.714. The van der Waals surface area contributed by atoms with Crippen LogP contribution in [0.3, 0.4) is 0 Å². The first-order valence-corrected chi connectivity index (χ1v) is 4.19. The smallest absolute Gasteiger partial charge is 0.225 e. The highest BCUT2D eigenvalue weighted by Gasteiger charge is 2.12. The van der Waals surface area contributed by atoms with Gasteiger partial charge in [-0.05, 0) is 11.6 Å². The van der Waals surface area contributed by atoms with E-state index in [2.05, 4.69) is 10.2 Å². The molecule has 5 heteroatoms. The summed E-state index contributed by atoms with van der Waals surface area (Å²) in [5, 5.41) is 7.78. The van der Waals surface area contributed by atoms with Crippen LogP contribution < -0.4 is 0 Å². The monoisotopic (exact) mass is 191 g/mol. The van der Waals surface area contributed by atoms with Gasteiger partial charge < -0.3 is 0 Å². The summed E-state index contributed by atoms with van der Waals surface area (Å²) in [6, 6.07) is 0. The highest BCUT2D eigenvalue weighted by atomic mass is 35.5. The lowest BCUT2D eigenvalue weighted by molar-refractivity contribution is 0.436. The van der Waals surface area contributed by atoms with E-state index < -0.39 is 6.67 Å². The zero-order valence-electron chi connectivity index (χ0n) is 7.09. The van der Waals surface area contributed by atoms with E-state index >= 15 is 0 Å². The minimum Gasteiger partial charge on any atom is -0.299 e. The third-order valence-electron chi connectivity index (χ3n) is 1.56. The van der Waals surface area contributed by atoms with Crippen LogP contribution in [0.5, 0.6) is 0 Å². The van der Waals surface area contributed by atoms with Gasteiger partial charge in [0.05, 0.1) is 6.54 Å². The third-order valence-corrected chi connectivity index (χ3v) is 1.84. The molecule has 1 heterocycles. The van der Waals surface area contributed by atoms with Gasteiger partial charge in [0.15, 0.2) is 0 Å². The lowest BCUT2D eigenvalue weighted by atomic mass is 10.2. The maximum Gasteiger partial charge on any atom is 0.225 e. The summed E-state index contributed by atoms with van der Waals surface area (Å²) in [7, 11) is 0. The van der Waals surface area contributed by atoms with Gasteiger partial charge >= 0.3 is 0 Å². The minimum atomic E-state index is -0.447. The van der Waals surface area contributed by atoms with Gasteiger partial charge in [-0.25, -0.2) is 4.39 Å². The predicted molar refractivity (Wildman–Crippen MR) is 45.1 cm³/mol. The van der Waals surface area contributed by atoms with Gasteiger partial charge in [0, 0.05) is 5.92 Å². The zero-order chi connectivity index (χ0) is 9.14. The Balaban J connectivity index is 2.95. The number of aromatic nitrogens is 3. The Labute approximate surface area is 75.6 Å². The molecule has 1 aromatic heterocycles. The van der Waals surface area contributed by atoms with Gasteiger partial charge in [-0.2, -0.15) is 0 Å². The number of hydrogen-bond donors (Lipinski definition) is 0. The molecule has 0 saturated carbocycles. The van der Waals surface area contributed by atoms with Crippen LogP contribution in [0.15, 0.2) is 0 Å². The standard InChI is InChI=1S/C7H11ClFN3/c1-5(2)6-10-11-7(8)12(6)4-3-9/h5H,3-4H2,1-2H3. The Morgan fingerprint density at radius 3 is 2.67 bits per heavy atom. The van der Waals surface area contributed by atoms with E-state index in [0.717, 1.165) is 5.82 Å². The summed E-state index contributed by atoms with van der Waals surface area (Å²) < 4.78 is 13.6. The van der Waals surface area contributed by atoms with E-state index in [9.17, 15) is 4.39 Å². The molecular weight excluding hydrogens is 181 g/mol. The number of nitrogens with zero attached hydrogens (tertiary/aromatic N) is 3. The van der Waals surface area contributed by atoms with Crippen LogP contribution in [0.1, 0.15) is 25.6 Å². The fourth-order valence-corrected chi connectivity index (χ4v) is 1.22. The van der Waals surface area contributed by atoms with E-state index in [1.54, 1.807) is 4.57 Å². The molecule has 0 saturated heterocycles. The SMILES string of the molecule is CC(C)c1nnc(Cl)n1CCF. The summed E-state index contributed by atoms with van der Waals surface area (Å²) in [5.41, 5.74) is 0. The van der Waals surface area contributed by atoms with Crippen molar-refractivity contribution in [1.82, 2.24) is 14.8 Å². The largest absolute Gasteiger partial charge is 0.299 e. The van der Waals surface area contributed by atoms with Gasteiger partial charge in [0.2, 0.25) is 5.28 Å². The van der Waals surface area contributed by atoms with Gasteiger partial charge in [0.1, 0.15) is 12.5 Å². The molecule has 0 fully saturated rings. The Bertz CT molecular complexity index is 259. The Morgan fingerprint density at radius 2 is 2.17 bits per heavy atom. The molecule has 1 rings (SSSR count). The molecule has 0 aliphatic carbocycles. The van der Waals surface area contributed by atoms with Crippen molar-refractivity contribution in [1.29, 1.82) is 0 Å². The first-order valence-electron chi connectivity index (χ1n) is 3.81. The average Bonchev–Trinajstić information content (AvgIpc) is 2.34. The fourth-order valence-electron chi connectivity index (χ4n) is 1.01. The summed E-state index contributed by atoms with van der Waals surface area (Å²) in [6.45, 7) is 3.72. The molecule has 0 aromatic carbocycles. The average molecular weight is 192 g/mol. The van der Waals surface area contributed by atoms with E-state index in [-0.39, 0.29) is 17.7 Å². The first-order chi connectivity index (χ1) is 5.66. The third kappa shape index (κ3) is 1.75. The second-order valence-corrected chi connectivity index (χ2v) is 3.16. The van der Waals surface area contributed by atoms with E-state index in [1.807, 2.05) is 13.8 Å². The van der Waals surface area contributed by atoms with E-state index in [1.165, 1.54) is 0 Å². The molecule has 0 aliphatic rings. The van der Waals surface area contributed by atoms with E-state index in [4.69, 9.17) is 11.6 Å². The lowest BCUT2D eigenvalue weighted by Gasteiger charge is -2.06. The van der Waals surface area contributed by atoms with Crippen molar-refractivity contribution in [3.8, 4) is 0 Å². The second kappa shape index (κ2) is 3.85. The van der Waals surface area contributed by atoms with Crippen LogP contribution >= 0.6 is 11.6 Å². The van der Waals surface area contributed by atoms with Crippen LogP contribution in [-0.2, 0) is 6.54 Å². The quantitative estimate of drug-likeness (QED) is 0.732. The van der Waals surface area contributed by atoms with Gasteiger partial charge in [-0.1, -0.05) is 13.8 Å². The topological polar surface area (TPSA) is 30.7 Å². The lowest BCUT2D eigenvalue weighted by Crippen LogP contribution is -2.06. The van der Waals surface area contributed by atoms with Crippen molar-refractivity contribution in [3.05, 3.63) is 11.1 Å². The number of halogens is 2. The van der Waals surface area contributed by atoms with Crippen LogP contribution in [0.2, 0.25) is 5.28 Å². The molecule has 0 spiro atoms. The van der Waals surface area contributed by atoms with Crippen molar-refractivity contribution < 1.29 is 4.39 Å². The Hall–Kier alpha value is -0.640. The summed E-state index contributed by atoms with van der Waals surface area (Å²) >= 11 is 5.69. The van der Waals surface area contributed by atoms with Crippen molar-refractivity contribution in [2.45, 2.75) is 26.3 Å². The molecular formula is C7H11ClFN3. The molecule has 68 valence electrons. The molecule has 0 amide bonds. The highest BCUT2D eigenvalue weighted by molar-refractivity contribution is 6.28. The first kappa shape index (κ1) is 9.45. The predicted octanol–water partition coefficient (Wildman–Crippen LogP) is 2.02. The molecule has 0 bridgehead atoms. The summed E-state index contributed by atoms with van der Waals surface area (Å²) in [5.74, 6) is 0.953. The summed E-state index contributed by atoms with van der Waals surface area (Å²) in [4.78, 5) is 0.